The second kappa shape index (κ2) is 10.6. The summed E-state index contributed by atoms with van der Waals surface area (Å²) in [5.41, 5.74) is 1.32. The van der Waals surface area contributed by atoms with Gasteiger partial charge in [-0.15, -0.1) is 11.3 Å². The summed E-state index contributed by atoms with van der Waals surface area (Å²) in [6.07, 6.45) is -0.336. The largest absolute Gasteiger partial charge is 0.454 e. The first-order valence-corrected chi connectivity index (χ1v) is 11.3. The summed E-state index contributed by atoms with van der Waals surface area (Å²) in [4.78, 5) is 33.4. The van der Waals surface area contributed by atoms with Crippen LogP contribution in [0.15, 0.2) is 16.4 Å². The van der Waals surface area contributed by atoms with Crippen LogP contribution in [0.5, 0.6) is 0 Å². The van der Waals surface area contributed by atoms with Gasteiger partial charge in [-0.25, -0.2) is 9.78 Å². The number of carbonyl (C=O) groups is 1. The minimum atomic E-state index is -1.72. The van der Waals surface area contributed by atoms with E-state index in [2.05, 4.69) is 21.4 Å². The van der Waals surface area contributed by atoms with E-state index >= 15 is 0 Å². The molecule has 1 aliphatic rings. The van der Waals surface area contributed by atoms with Crippen LogP contribution in [0.3, 0.4) is 0 Å². The first-order chi connectivity index (χ1) is 15.3. The summed E-state index contributed by atoms with van der Waals surface area (Å²) < 4.78 is 5.40. The standard InChI is InChI=1S/C21H29N3O7S/c1-10-15-19(29)23-14(7-11-5-3-4-6-11)24-20(15)32-18(10)21(30)31-13(8-22-2)17(28)16(27)12(26)9-25/h5,12-13,16-17,22,25-28H,3-4,6-9H2,1-2H3,(H,23,24,29)/t12-,13+,16-,17-/m1/s1. The normalized spacial score (nSPS) is 17.8. The zero-order valence-electron chi connectivity index (χ0n) is 18.0. The third-order valence-corrected chi connectivity index (χ3v) is 6.71. The molecular formula is C21H29N3O7S. The molecule has 0 saturated carbocycles. The maximum Gasteiger partial charge on any atom is 0.349 e. The Morgan fingerprint density at radius 2 is 2.09 bits per heavy atom. The van der Waals surface area contributed by atoms with E-state index in [9.17, 15) is 24.9 Å². The highest BCUT2D eigenvalue weighted by Gasteiger charge is 2.34. The molecule has 10 nitrogen and oxygen atoms in total. The van der Waals surface area contributed by atoms with Gasteiger partial charge in [-0.05, 0) is 38.8 Å². The number of carbonyl (C=O) groups excluding carboxylic acids is 1. The quantitative estimate of drug-likeness (QED) is 0.204. The molecule has 32 heavy (non-hydrogen) atoms. The van der Waals surface area contributed by atoms with Crippen molar-refractivity contribution in [2.45, 2.75) is 57.0 Å². The van der Waals surface area contributed by atoms with Crippen molar-refractivity contribution in [3.63, 3.8) is 0 Å². The number of nitrogens with one attached hydrogen (secondary N) is 2. The lowest BCUT2D eigenvalue weighted by Crippen LogP contribution is -2.50. The Morgan fingerprint density at radius 1 is 1.34 bits per heavy atom. The summed E-state index contributed by atoms with van der Waals surface area (Å²) in [5.74, 6) is -0.239. The number of H-pyrrole nitrogens is 1. The SMILES string of the molecule is CNC[C@H](OC(=O)c1sc2nc(CC3=CCCC3)[nH]c(=O)c2c1C)[C@@H](O)[C@H](O)[C@H](O)CO. The van der Waals surface area contributed by atoms with Crippen LogP contribution in [-0.2, 0) is 11.2 Å². The molecular weight excluding hydrogens is 438 g/mol. The van der Waals surface area contributed by atoms with Gasteiger partial charge in [-0.1, -0.05) is 11.6 Å². The molecule has 3 rings (SSSR count). The van der Waals surface area contributed by atoms with E-state index in [4.69, 9.17) is 9.84 Å². The summed E-state index contributed by atoms with van der Waals surface area (Å²) >= 11 is 1.03. The van der Waals surface area contributed by atoms with Gasteiger partial charge in [0.15, 0.2) is 0 Å². The molecule has 2 aromatic heterocycles. The van der Waals surface area contributed by atoms with Crippen molar-refractivity contribution in [2.24, 2.45) is 0 Å². The minimum Gasteiger partial charge on any atom is -0.454 e. The number of aromatic nitrogens is 2. The zero-order valence-corrected chi connectivity index (χ0v) is 18.8. The first kappa shape index (κ1) is 24.5. The molecule has 2 aromatic rings. The fourth-order valence-corrected chi connectivity index (χ4v) is 4.84. The topological polar surface area (TPSA) is 165 Å². The molecule has 4 atom stereocenters. The Balaban J connectivity index is 1.85. The van der Waals surface area contributed by atoms with E-state index < -0.39 is 37.0 Å². The number of thiophene rings is 1. The van der Waals surface area contributed by atoms with E-state index in [1.165, 1.54) is 5.57 Å². The molecule has 0 spiro atoms. The maximum absolute atomic E-state index is 12.9. The minimum absolute atomic E-state index is 0.00977. The second-order valence-corrected chi connectivity index (χ2v) is 8.91. The predicted molar refractivity (Wildman–Crippen MR) is 119 cm³/mol. The van der Waals surface area contributed by atoms with E-state index in [0.717, 1.165) is 30.6 Å². The van der Waals surface area contributed by atoms with Crippen LogP contribution in [0.2, 0.25) is 0 Å². The number of hydrogen-bond donors (Lipinski definition) is 6. The Labute approximate surface area is 188 Å². The van der Waals surface area contributed by atoms with Crippen molar-refractivity contribution < 1.29 is 30.0 Å². The number of aliphatic hydroxyl groups is 4. The van der Waals surface area contributed by atoms with E-state index in [-0.39, 0.29) is 17.0 Å². The number of likely N-dealkylation sites (N-methyl/N-ethyl adjacent to an activating group) is 1. The third kappa shape index (κ3) is 5.25. The smallest absolute Gasteiger partial charge is 0.349 e. The highest BCUT2D eigenvalue weighted by molar-refractivity contribution is 7.20. The molecule has 0 bridgehead atoms. The van der Waals surface area contributed by atoms with Crippen molar-refractivity contribution in [2.75, 3.05) is 20.2 Å². The van der Waals surface area contributed by atoms with Gasteiger partial charge in [0, 0.05) is 13.0 Å². The van der Waals surface area contributed by atoms with Crippen LogP contribution in [0.1, 0.15) is 40.3 Å². The van der Waals surface area contributed by atoms with Crippen LogP contribution in [0.25, 0.3) is 10.2 Å². The van der Waals surface area contributed by atoms with Gasteiger partial charge in [-0.3, -0.25) is 4.79 Å². The number of hydrogen-bond acceptors (Lipinski definition) is 10. The number of nitrogens with zero attached hydrogens (tertiary/aromatic N) is 1. The number of allylic oxidation sites excluding steroid dienone is 2. The monoisotopic (exact) mass is 467 g/mol. The van der Waals surface area contributed by atoms with Crippen LogP contribution >= 0.6 is 11.3 Å². The van der Waals surface area contributed by atoms with E-state index in [1.807, 2.05) is 0 Å². The zero-order chi connectivity index (χ0) is 23.4. The van der Waals surface area contributed by atoms with Gasteiger partial charge in [0.2, 0.25) is 0 Å². The van der Waals surface area contributed by atoms with E-state index in [0.29, 0.717) is 28.0 Å². The highest BCUT2D eigenvalue weighted by Crippen LogP contribution is 2.29. The molecule has 1 aliphatic carbocycles. The Kier molecular flexibility index (Phi) is 8.15. The van der Waals surface area contributed by atoms with Crippen molar-refractivity contribution >= 4 is 27.5 Å². The molecule has 0 saturated heterocycles. The molecule has 0 radical (unpaired) electrons. The molecule has 176 valence electrons. The lowest BCUT2D eigenvalue weighted by Gasteiger charge is -2.28. The average Bonchev–Trinajstić information content (AvgIpc) is 3.39. The van der Waals surface area contributed by atoms with Crippen LogP contribution in [0, 0.1) is 6.92 Å². The van der Waals surface area contributed by atoms with Crippen molar-refractivity contribution in [1.29, 1.82) is 0 Å². The molecule has 0 fully saturated rings. The third-order valence-electron chi connectivity index (χ3n) is 5.54. The van der Waals surface area contributed by atoms with Crippen LogP contribution < -0.4 is 10.9 Å². The Morgan fingerprint density at radius 3 is 2.72 bits per heavy atom. The number of aryl methyl sites for hydroxylation is 1. The second-order valence-electron chi connectivity index (χ2n) is 7.91. The number of aromatic amines is 1. The van der Waals surface area contributed by atoms with Gasteiger partial charge < -0.3 is 35.5 Å². The van der Waals surface area contributed by atoms with Crippen molar-refractivity contribution in [3.8, 4) is 0 Å². The number of rotatable bonds is 10. The molecule has 0 unspecified atom stereocenters. The molecule has 11 heteroatoms. The number of aliphatic hydroxyl groups excluding tert-OH is 4. The number of esters is 1. The maximum atomic E-state index is 12.9. The van der Waals surface area contributed by atoms with Crippen LogP contribution in [0.4, 0.5) is 0 Å². The molecule has 0 aromatic carbocycles. The highest BCUT2D eigenvalue weighted by atomic mass is 32.1. The number of fused-ring (bicyclic) bond motifs is 1. The summed E-state index contributed by atoms with van der Waals surface area (Å²) in [7, 11) is 1.57. The first-order valence-electron chi connectivity index (χ1n) is 10.5. The van der Waals surface area contributed by atoms with Crippen molar-refractivity contribution in [1.82, 2.24) is 15.3 Å². The van der Waals surface area contributed by atoms with Gasteiger partial charge in [0.1, 0.15) is 39.9 Å². The average molecular weight is 468 g/mol. The van der Waals surface area contributed by atoms with Gasteiger partial charge in [0.25, 0.3) is 5.56 Å². The van der Waals surface area contributed by atoms with Gasteiger partial charge in [0.05, 0.1) is 12.0 Å². The lowest BCUT2D eigenvalue weighted by atomic mass is 10.0. The lowest BCUT2D eigenvalue weighted by molar-refractivity contribution is -0.116. The van der Waals surface area contributed by atoms with Gasteiger partial charge in [-0.2, -0.15) is 0 Å². The van der Waals surface area contributed by atoms with E-state index in [1.54, 1.807) is 14.0 Å². The number of ether oxygens (including phenoxy) is 1. The summed E-state index contributed by atoms with van der Waals surface area (Å²) in [5, 5.41) is 42.0. The van der Waals surface area contributed by atoms with Crippen molar-refractivity contribution in [3.05, 3.63) is 38.3 Å². The van der Waals surface area contributed by atoms with Gasteiger partial charge >= 0.3 is 5.97 Å². The Hall–Kier alpha value is -2.15. The fraction of sp³-hybridized carbons (Fsp3) is 0.571. The molecule has 2 heterocycles. The predicted octanol–water partition coefficient (Wildman–Crippen LogP) is -0.234. The Bertz CT molecular complexity index is 1050. The molecule has 6 N–H and O–H groups in total. The fourth-order valence-electron chi connectivity index (χ4n) is 3.76. The summed E-state index contributed by atoms with van der Waals surface area (Å²) in [6, 6.07) is 0. The molecule has 0 aliphatic heterocycles. The van der Waals surface area contributed by atoms with Crippen LogP contribution in [-0.4, -0.2) is 81.0 Å². The molecule has 0 amide bonds. The summed E-state index contributed by atoms with van der Waals surface area (Å²) in [6.45, 7) is 0.852.